The summed E-state index contributed by atoms with van der Waals surface area (Å²) in [6, 6.07) is 22.4. The summed E-state index contributed by atoms with van der Waals surface area (Å²) in [4.78, 5) is 31.3. The summed E-state index contributed by atoms with van der Waals surface area (Å²) >= 11 is 6.71. The smallest absolute Gasteiger partial charge is 0.337 e. The van der Waals surface area contributed by atoms with Crippen molar-refractivity contribution in [1.29, 1.82) is 0 Å². The van der Waals surface area contributed by atoms with Crippen molar-refractivity contribution in [2.45, 2.75) is 6.54 Å². The van der Waals surface area contributed by atoms with Crippen molar-refractivity contribution in [3.63, 3.8) is 0 Å². The van der Waals surface area contributed by atoms with Crippen molar-refractivity contribution >= 4 is 46.3 Å². The lowest BCUT2D eigenvalue weighted by Gasteiger charge is -2.14. The molecule has 7 heteroatoms. The SMILES string of the molecule is COC(=O)c1ccc(-c2cccc(/C=C3\SC(=S)N(Cc4ccccc4)C3=O)n2)cc1. The molecule has 1 fully saturated rings. The molecule has 0 unspecified atom stereocenters. The molecule has 0 N–H and O–H groups in total. The van der Waals surface area contributed by atoms with E-state index in [-0.39, 0.29) is 11.9 Å². The lowest BCUT2D eigenvalue weighted by atomic mass is 10.1. The maximum atomic E-state index is 12.9. The molecule has 3 aromatic rings. The van der Waals surface area contributed by atoms with Crippen LogP contribution in [0.4, 0.5) is 0 Å². The summed E-state index contributed by atoms with van der Waals surface area (Å²) in [6.07, 6.45) is 1.76. The number of thioether (sulfide) groups is 1. The summed E-state index contributed by atoms with van der Waals surface area (Å²) in [5, 5.41) is 0. The summed E-state index contributed by atoms with van der Waals surface area (Å²) in [6.45, 7) is 0.447. The minimum absolute atomic E-state index is 0.117. The number of hydrogen-bond acceptors (Lipinski definition) is 6. The highest BCUT2D eigenvalue weighted by Gasteiger charge is 2.32. The Balaban J connectivity index is 1.55. The molecule has 154 valence electrons. The number of rotatable bonds is 5. The van der Waals surface area contributed by atoms with Crippen molar-refractivity contribution in [3.8, 4) is 11.3 Å². The van der Waals surface area contributed by atoms with Crippen LogP contribution >= 0.6 is 24.0 Å². The van der Waals surface area contributed by atoms with E-state index in [1.165, 1.54) is 18.9 Å². The predicted octanol–water partition coefficient (Wildman–Crippen LogP) is 4.94. The van der Waals surface area contributed by atoms with Gasteiger partial charge in [-0.3, -0.25) is 9.69 Å². The number of thiocarbonyl (C=S) groups is 1. The van der Waals surface area contributed by atoms with Crippen LogP contribution in [0, 0.1) is 0 Å². The second kappa shape index (κ2) is 9.24. The van der Waals surface area contributed by atoms with Gasteiger partial charge >= 0.3 is 5.97 Å². The molecule has 1 aromatic heterocycles. The van der Waals surface area contributed by atoms with E-state index >= 15 is 0 Å². The molecule has 0 saturated carbocycles. The van der Waals surface area contributed by atoms with Gasteiger partial charge in [0.25, 0.3) is 5.91 Å². The molecule has 0 radical (unpaired) electrons. The fourth-order valence-corrected chi connectivity index (χ4v) is 4.36. The van der Waals surface area contributed by atoms with E-state index in [2.05, 4.69) is 4.98 Å². The third kappa shape index (κ3) is 4.73. The maximum Gasteiger partial charge on any atom is 0.337 e. The molecule has 0 spiro atoms. The number of nitrogens with zero attached hydrogens (tertiary/aromatic N) is 2. The van der Waals surface area contributed by atoms with Crippen LogP contribution in [0.25, 0.3) is 17.3 Å². The zero-order chi connectivity index (χ0) is 21.8. The molecule has 0 atom stereocenters. The summed E-state index contributed by atoms with van der Waals surface area (Å²) in [7, 11) is 1.35. The maximum absolute atomic E-state index is 12.9. The van der Waals surface area contributed by atoms with Crippen molar-refractivity contribution < 1.29 is 14.3 Å². The number of amides is 1. The van der Waals surface area contributed by atoms with Crippen molar-refractivity contribution in [2.24, 2.45) is 0 Å². The van der Waals surface area contributed by atoms with E-state index in [1.54, 1.807) is 23.1 Å². The average Bonchev–Trinajstić information content (AvgIpc) is 3.07. The molecule has 1 saturated heterocycles. The van der Waals surface area contributed by atoms with Gasteiger partial charge in [0.05, 0.1) is 35.5 Å². The topological polar surface area (TPSA) is 59.5 Å². The Kier molecular flexibility index (Phi) is 6.25. The second-order valence-corrected chi connectivity index (χ2v) is 8.45. The van der Waals surface area contributed by atoms with E-state index in [0.717, 1.165) is 16.8 Å². The highest BCUT2D eigenvalue weighted by molar-refractivity contribution is 8.26. The molecule has 2 aromatic carbocycles. The first-order valence-corrected chi connectivity index (χ1v) is 10.7. The van der Waals surface area contributed by atoms with Crippen LogP contribution in [0.3, 0.4) is 0 Å². The first-order valence-electron chi connectivity index (χ1n) is 9.50. The Bertz CT molecular complexity index is 1170. The van der Waals surface area contributed by atoms with Crippen LogP contribution < -0.4 is 0 Å². The van der Waals surface area contributed by atoms with Crippen LogP contribution in [-0.4, -0.2) is 33.2 Å². The zero-order valence-corrected chi connectivity index (χ0v) is 18.3. The average molecular weight is 447 g/mol. The first kappa shape index (κ1) is 21.0. The number of methoxy groups -OCH3 is 1. The number of benzene rings is 2. The highest BCUT2D eigenvalue weighted by atomic mass is 32.2. The monoisotopic (exact) mass is 446 g/mol. The van der Waals surface area contributed by atoms with Crippen molar-refractivity contribution in [1.82, 2.24) is 9.88 Å². The van der Waals surface area contributed by atoms with Gasteiger partial charge < -0.3 is 4.74 Å². The van der Waals surface area contributed by atoms with E-state index < -0.39 is 0 Å². The Morgan fingerprint density at radius 2 is 1.81 bits per heavy atom. The standard InChI is InChI=1S/C24H18N2O3S2/c1-29-23(28)18-12-10-17(11-13-18)20-9-5-8-19(25-20)14-21-22(27)26(24(30)31-21)15-16-6-3-2-4-7-16/h2-14H,15H2,1H3/b21-14-. The van der Waals surface area contributed by atoms with E-state index in [4.69, 9.17) is 17.0 Å². The summed E-state index contributed by atoms with van der Waals surface area (Å²) in [5.41, 5.74) is 3.76. The van der Waals surface area contributed by atoms with Crippen molar-refractivity contribution in [2.75, 3.05) is 7.11 Å². The summed E-state index contributed by atoms with van der Waals surface area (Å²) < 4.78 is 5.27. The minimum Gasteiger partial charge on any atom is -0.465 e. The molecule has 5 nitrogen and oxygen atoms in total. The van der Waals surface area contributed by atoms with E-state index in [1.807, 2.05) is 60.7 Å². The number of aromatic nitrogens is 1. The third-order valence-electron chi connectivity index (χ3n) is 4.71. The van der Waals surface area contributed by atoms with Crippen LogP contribution in [0.1, 0.15) is 21.6 Å². The Labute approximate surface area is 189 Å². The molecule has 0 bridgehead atoms. The highest BCUT2D eigenvalue weighted by Crippen LogP contribution is 2.33. The van der Waals surface area contributed by atoms with Crippen LogP contribution in [0.2, 0.25) is 0 Å². The van der Waals surface area contributed by atoms with E-state index in [0.29, 0.717) is 27.0 Å². The van der Waals surface area contributed by atoms with Crippen LogP contribution in [0.15, 0.2) is 77.7 Å². The number of pyridine rings is 1. The van der Waals surface area contributed by atoms with Gasteiger partial charge in [-0.1, -0.05) is 72.5 Å². The lowest BCUT2D eigenvalue weighted by Crippen LogP contribution is -2.27. The Morgan fingerprint density at radius 1 is 1.06 bits per heavy atom. The Morgan fingerprint density at radius 3 is 2.52 bits per heavy atom. The number of carbonyl (C=O) groups is 2. The molecule has 1 amide bonds. The van der Waals surface area contributed by atoms with Gasteiger partial charge in [0, 0.05) is 5.56 Å². The number of ether oxygens (including phenoxy) is 1. The van der Waals surface area contributed by atoms with Crippen molar-refractivity contribution in [3.05, 3.63) is 94.5 Å². The molecular weight excluding hydrogens is 428 g/mol. The number of hydrogen-bond donors (Lipinski definition) is 0. The third-order valence-corrected chi connectivity index (χ3v) is 6.09. The number of esters is 1. The molecule has 2 heterocycles. The normalized spacial score (nSPS) is 14.9. The van der Waals surface area contributed by atoms with Gasteiger partial charge in [0.2, 0.25) is 0 Å². The molecule has 4 rings (SSSR count). The molecule has 1 aliphatic heterocycles. The van der Waals surface area contributed by atoms with Gasteiger partial charge in [-0.25, -0.2) is 9.78 Å². The van der Waals surface area contributed by atoms with Gasteiger partial charge in [-0.2, -0.15) is 0 Å². The van der Waals surface area contributed by atoms with Gasteiger partial charge in [0.1, 0.15) is 4.32 Å². The molecular formula is C24H18N2O3S2. The zero-order valence-electron chi connectivity index (χ0n) is 16.6. The Hall–Kier alpha value is -3.29. The molecule has 31 heavy (non-hydrogen) atoms. The first-order chi connectivity index (χ1) is 15.0. The molecule has 1 aliphatic rings. The van der Waals surface area contributed by atoms with E-state index in [9.17, 15) is 9.59 Å². The van der Waals surface area contributed by atoms with Gasteiger partial charge in [-0.05, 0) is 35.9 Å². The van der Waals surface area contributed by atoms with Crippen LogP contribution in [0.5, 0.6) is 0 Å². The minimum atomic E-state index is -0.384. The van der Waals surface area contributed by atoms with Gasteiger partial charge in [0.15, 0.2) is 0 Å². The fourth-order valence-electron chi connectivity index (χ4n) is 3.12. The predicted molar refractivity (Wildman–Crippen MR) is 126 cm³/mol. The summed E-state index contributed by atoms with van der Waals surface area (Å²) in [5.74, 6) is -0.501. The second-order valence-electron chi connectivity index (χ2n) is 6.77. The fraction of sp³-hybridized carbons (Fsp3) is 0.0833. The number of carbonyl (C=O) groups excluding carboxylic acids is 2. The van der Waals surface area contributed by atoms with Crippen LogP contribution in [-0.2, 0) is 16.1 Å². The quantitative estimate of drug-likeness (QED) is 0.314. The largest absolute Gasteiger partial charge is 0.465 e. The lowest BCUT2D eigenvalue weighted by molar-refractivity contribution is -0.122. The van der Waals surface area contributed by atoms with Gasteiger partial charge in [-0.15, -0.1) is 0 Å². The molecule has 0 aliphatic carbocycles.